The van der Waals surface area contributed by atoms with Crippen LogP contribution >= 0.6 is 0 Å². The standard InChI is InChI=1S/C21H24F2N6O3/c1-14(9-30)8-27-4-5-28(13-21(22,23)12-27)20-25-19(32-26-20)15-2-3-16-7-24-29(18(16)6-15)17-10-31-11-17/h2-3,6-7,9,14,17H,4-5,8,10-13H2,1H3. The molecule has 2 aromatic heterocycles. The molecule has 0 radical (unpaired) electrons. The van der Waals surface area contributed by atoms with Gasteiger partial charge in [0, 0.05) is 36.5 Å². The van der Waals surface area contributed by atoms with Crippen molar-refractivity contribution < 1.29 is 22.8 Å². The lowest BCUT2D eigenvalue weighted by Crippen LogP contribution is -2.41. The maximum atomic E-state index is 14.6. The topological polar surface area (TPSA) is 89.5 Å². The summed E-state index contributed by atoms with van der Waals surface area (Å²) in [4.78, 5) is 18.4. The molecule has 11 heteroatoms. The highest BCUT2D eigenvalue weighted by Gasteiger charge is 2.38. The zero-order chi connectivity index (χ0) is 22.3. The van der Waals surface area contributed by atoms with Gasteiger partial charge in [-0.3, -0.25) is 9.58 Å². The molecule has 9 nitrogen and oxygen atoms in total. The van der Waals surface area contributed by atoms with E-state index >= 15 is 0 Å². The fraction of sp³-hybridized carbons (Fsp3) is 0.524. The molecule has 1 aromatic carbocycles. The summed E-state index contributed by atoms with van der Waals surface area (Å²) < 4.78 is 41.7. The van der Waals surface area contributed by atoms with Crippen LogP contribution in [0.1, 0.15) is 13.0 Å². The van der Waals surface area contributed by atoms with Gasteiger partial charge in [0.15, 0.2) is 0 Å². The van der Waals surface area contributed by atoms with E-state index in [2.05, 4.69) is 15.2 Å². The summed E-state index contributed by atoms with van der Waals surface area (Å²) in [5, 5.41) is 9.39. The molecule has 0 saturated carbocycles. The maximum Gasteiger partial charge on any atom is 0.277 e. The third-order valence-electron chi connectivity index (χ3n) is 5.85. The summed E-state index contributed by atoms with van der Waals surface area (Å²) in [5.74, 6) is -2.87. The quantitative estimate of drug-likeness (QED) is 0.533. The monoisotopic (exact) mass is 446 g/mol. The van der Waals surface area contributed by atoms with Gasteiger partial charge < -0.3 is 19.0 Å². The Morgan fingerprint density at radius 2 is 2.12 bits per heavy atom. The van der Waals surface area contributed by atoms with Crippen LogP contribution in [0, 0.1) is 5.92 Å². The fourth-order valence-corrected chi connectivity index (χ4v) is 4.14. The van der Waals surface area contributed by atoms with Crippen molar-refractivity contribution in [2.24, 2.45) is 5.92 Å². The van der Waals surface area contributed by atoms with Gasteiger partial charge in [-0.25, -0.2) is 8.78 Å². The average Bonchev–Trinajstić information content (AvgIpc) is 3.33. The van der Waals surface area contributed by atoms with E-state index < -0.39 is 19.0 Å². The number of benzene rings is 1. The number of carbonyl (C=O) groups excluding carboxylic acids is 1. The van der Waals surface area contributed by atoms with Crippen molar-refractivity contribution in [2.45, 2.75) is 18.9 Å². The van der Waals surface area contributed by atoms with Crippen molar-refractivity contribution in [2.75, 3.05) is 50.8 Å². The molecule has 5 rings (SSSR count). The number of ether oxygens (including phenoxy) is 1. The Morgan fingerprint density at radius 1 is 1.28 bits per heavy atom. The van der Waals surface area contributed by atoms with E-state index in [1.165, 1.54) is 4.90 Å². The first kappa shape index (κ1) is 21.0. The molecular formula is C21H24F2N6O3. The van der Waals surface area contributed by atoms with Crippen molar-refractivity contribution in [1.82, 2.24) is 24.8 Å². The van der Waals surface area contributed by atoms with Gasteiger partial charge in [-0.05, 0) is 17.3 Å². The van der Waals surface area contributed by atoms with Crippen LogP contribution in [0.5, 0.6) is 0 Å². The number of aldehydes is 1. The summed E-state index contributed by atoms with van der Waals surface area (Å²) in [6.45, 7) is 3.04. The van der Waals surface area contributed by atoms with E-state index in [-0.39, 0.29) is 23.8 Å². The third kappa shape index (κ3) is 4.09. The molecule has 32 heavy (non-hydrogen) atoms. The second kappa shape index (κ2) is 8.21. The molecule has 2 saturated heterocycles. The molecule has 0 spiro atoms. The molecule has 1 unspecified atom stereocenters. The highest BCUT2D eigenvalue weighted by atomic mass is 19.3. The van der Waals surface area contributed by atoms with Gasteiger partial charge in [-0.15, -0.1) is 0 Å². The lowest BCUT2D eigenvalue weighted by Gasteiger charge is -2.26. The van der Waals surface area contributed by atoms with Gasteiger partial charge in [0.2, 0.25) is 0 Å². The predicted octanol–water partition coefficient (Wildman–Crippen LogP) is 2.25. The highest BCUT2D eigenvalue weighted by molar-refractivity contribution is 5.83. The molecule has 0 aliphatic carbocycles. The van der Waals surface area contributed by atoms with Crippen molar-refractivity contribution in [3.05, 3.63) is 24.4 Å². The Balaban J connectivity index is 1.36. The first-order valence-corrected chi connectivity index (χ1v) is 10.6. The Hall–Kier alpha value is -2.92. The Kier molecular flexibility index (Phi) is 5.38. The van der Waals surface area contributed by atoms with Crippen LogP contribution in [-0.2, 0) is 9.53 Å². The van der Waals surface area contributed by atoms with Crippen LogP contribution in [0.2, 0.25) is 0 Å². The van der Waals surface area contributed by atoms with Crippen LogP contribution < -0.4 is 4.90 Å². The summed E-state index contributed by atoms with van der Waals surface area (Å²) in [7, 11) is 0. The Labute approximate surface area is 182 Å². The van der Waals surface area contributed by atoms with Crippen molar-refractivity contribution in [1.29, 1.82) is 0 Å². The first-order chi connectivity index (χ1) is 15.4. The molecule has 170 valence electrons. The fourth-order valence-electron chi connectivity index (χ4n) is 4.14. The van der Waals surface area contributed by atoms with Gasteiger partial charge in [0.05, 0.1) is 44.1 Å². The molecule has 0 amide bonds. The van der Waals surface area contributed by atoms with Crippen LogP contribution in [0.3, 0.4) is 0 Å². The van der Waals surface area contributed by atoms with Gasteiger partial charge in [-0.1, -0.05) is 13.0 Å². The second-order valence-corrected chi connectivity index (χ2v) is 8.58. The van der Waals surface area contributed by atoms with Gasteiger partial charge >= 0.3 is 0 Å². The number of aromatic nitrogens is 4. The Morgan fingerprint density at radius 3 is 2.88 bits per heavy atom. The lowest BCUT2D eigenvalue weighted by molar-refractivity contribution is -0.111. The van der Waals surface area contributed by atoms with E-state index in [1.807, 2.05) is 22.9 Å². The molecule has 3 aromatic rings. The second-order valence-electron chi connectivity index (χ2n) is 8.58. The highest BCUT2D eigenvalue weighted by Crippen LogP contribution is 2.29. The van der Waals surface area contributed by atoms with E-state index in [0.717, 1.165) is 17.2 Å². The third-order valence-corrected chi connectivity index (χ3v) is 5.85. The number of halogens is 2. The summed E-state index contributed by atoms with van der Waals surface area (Å²) in [6.07, 6.45) is 2.58. The largest absolute Gasteiger partial charge is 0.377 e. The van der Waals surface area contributed by atoms with E-state index in [1.54, 1.807) is 18.0 Å². The summed E-state index contributed by atoms with van der Waals surface area (Å²) in [6, 6.07) is 5.88. The van der Waals surface area contributed by atoms with Gasteiger partial charge in [0.1, 0.15) is 6.29 Å². The number of anilines is 1. The lowest BCUT2D eigenvalue weighted by atomic mass is 10.1. The molecule has 4 heterocycles. The smallest absolute Gasteiger partial charge is 0.277 e. The predicted molar refractivity (Wildman–Crippen MR) is 112 cm³/mol. The molecule has 2 aliphatic heterocycles. The molecule has 0 N–H and O–H groups in total. The van der Waals surface area contributed by atoms with Gasteiger partial charge in [-0.2, -0.15) is 10.1 Å². The normalized spacial score (nSPS) is 20.8. The van der Waals surface area contributed by atoms with Crippen LogP contribution in [0.25, 0.3) is 22.4 Å². The van der Waals surface area contributed by atoms with E-state index in [0.29, 0.717) is 38.4 Å². The minimum Gasteiger partial charge on any atom is -0.377 e. The molecule has 2 fully saturated rings. The molecule has 1 atom stereocenters. The zero-order valence-corrected chi connectivity index (χ0v) is 17.7. The van der Waals surface area contributed by atoms with Crippen molar-refractivity contribution >= 4 is 23.1 Å². The van der Waals surface area contributed by atoms with E-state index in [9.17, 15) is 13.6 Å². The molecule has 2 aliphatic rings. The Bertz CT molecular complexity index is 1110. The van der Waals surface area contributed by atoms with Crippen LogP contribution in [0.4, 0.5) is 14.7 Å². The average molecular weight is 446 g/mol. The maximum absolute atomic E-state index is 14.6. The SMILES string of the molecule is CC(C=O)CN1CCN(c2noc(-c3ccc4cnn(C5COC5)c4c3)n2)CC(F)(F)C1. The number of alkyl halides is 2. The minimum atomic E-state index is -2.96. The number of rotatable bonds is 6. The summed E-state index contributed by atoms with van der Waals surface area (Å²) in [5.41, 5.74) is 1.62. The number of carbonyl (C=O) groups is 1. The van der Waals surface area contributed by atoms with Crippen molar-refractivity contribution in [3.63, 3.8) is 0 Å². The van der Waals surface area contributed by atoms with E-state index in [4.69, 9.17) is 9.26 Å². The number of hydrogen-bond acceptors (Lipinski definition) is 8. The number of hydrogen-bond donors (Lipinski definition) is 0. The van der Waals surface area contributed by atoms with Crippen molar-refractivity contribution in [3.8, 4) is 11.5 Å². The van der Waals surface area contributed by atoms with Crippen LogP contribution in [-0.4, -0.2) is 83.0 Å². The molecule has 0 bridgehead atoms. The zero-order valence-electron chi connectivity index (χ0n) is 17.7. The van der Waals surface area contributed by atoms with Gasteiger partial charge in [0.25, 0.3) is 17.8 Å². The number of nitrogens with zero attached hydrogens (tertiary/aromatic N) is 6. The minimum absolute atomic E-state index is 0.131. The first-order valence-electron chi connectivity index (χ1n) is 10.6. The summed E-state index contributed by atoms with van der Waals surface area (Å²) >= 11 is 0. The molecular weight excluding hydrogens is 422 g/mol. The number of fused-ring (bicyclic) bond motifs is 1. The van der Waals surface area contributed by atoms with Crippen LogP contribution in [0.15, 0.2) is 28.9 Å².